The minimum absolute atomic E-state index is 0.268. The lowest BCUT2D eigenvalue weighted by molar-refractivity contribution is 0.167. The highest BCUT2D eigenvalue weighted by atomic mass is 32.2. The van der Waals surface area contributed by atoms with Crippen LogP contribution in [0.1, 0.15) is 6.92 Å². The van der Waals surface area contributed by atoms with Crippen molar-refractivity contribution in [2.75, 3.05) is 39.2 Å². The maximum absolute atomic E-state index is 12.2. The van der Waals surface area contributed by atoms with Crippen LogP contribution in [-0.4, -0.2) is 46.6 Å². The molecule has 0 aliphatic carbocycles. The molecular weight excluding hydrogens is 276 g/mol. The molecule has 0 aromatic heterocycles. The number of ether oxygens (including phenoxy) is 1. The van der Waals surface area contributed by atoms with Crippen LogP contribution in [0.25, 0.3) is 0 Å². The third-order valence-corrected chi connectivity index (χ3v) is 4.43. The lowest BCUT2D eigenvalue weighted by atomic mass is 10.3. The molecule has 0 aliphatic rings. The molecular formula is C14H22N2O3S. The number of hydrogen-bond donors (Lipinski definition) is 1. The van der Waals surface area contributed by atoms with E-state index < -0.39 is 10.0 Å². The molecule has 6 heteroatoms. The normalized spacial score (nSPS) is 11.6. The molecule has 1 aromatic rings. The lowest BCUT2D eigenvalue weighted by Crippen LogP contribution is -2.23. The summed E-state index contributed by atoms with van der Waals surface area (Å²) in [7, 11) is -0.416. The van der Waals surface area contributed by atoms with Gasteiger partial charge in [0.2, 0.25) is 10.0 Å². The van der Waals surface area contributed by atoms with Gasteiger partial charge in [0, 0.05) is 20.6 Å². The van der Waals surface area contributed by atoms with Crippen molar-refractivity contribution in [2.24, 2.45) is 0 Å². The Bertz CT molecular complexity index is 553. The molecule has 1 N–H and O–H groups in total. The van der Waals surface area contributed by atoms with Crippen molar-refractivity contribution in [2.45, 2.75) is 11.8 Å². The standard InChI is InChI=1S/C14H22N2O3S/c1-12(2)11-19-10-9-15-13-7-5-6-8-14(13)20(17,18)16(3)4/h5-8,15H,1,9-11H2,2-4H3. The third kappa shape index (κ3) is 4.63. The first-order chi connectivity index (χ1) is 9.35. The first-order valence-corrected chi connectivity index (χ1v) is 7.77. The molecule has 0 bridgehead atoms. The predicted molar refractivity (Wildman–Crippen MR) is 81.4 cm³/mol. The van der Waals surface area contributed by atoms with Crippen molar-refractivity contribution in [3.8, 4) is 0 Å². The highest BCUT2D eigenvalue weighted by Gasteiger charge is 2.20. The molecule has 0 heterocycles. The van der Waals surface area contributed by atoms with E-state index >= 15 is 0 Å². The largest absolute Gasteiger partial charge is 0.382 e. The number of benzene rings is 1. The fourth-order valence-corrected chi connectivity index (χ4v) is 2.60. The quantitative estimate of drug-likeness (QED) is 0.588. The van der Waals surface area contributed by atoms with E-state index in [9.17, 15) is 8.42 Å². The Labute approximate surface area is 121 Å². The summed E-state index contributed by atoms with van der Waals surface area (Å²) < 4.78 is 30.9. The van der Waals surface area contributed by atoms with Gasteiger partial charge in [-0.05, 0) is 19.1 Å². The van der Waals surface area contributed by atoms with Crippen molar-refractivity contribution in [1.82, 2.24) is 4.31 Å². The molecule has 1 aromatic carbocycles. The zero-order valence-electron chi connectivity index (χ0n) is 12.2. The highest BCUT2D eigenvalue weighted by molar-refractivity contribution is 7.89. The average Bonchev–Trinajstić information content (AvgIpc) is 2.38. The number of nitrogens with one attached hydrogen (secondary N) is 1. The van der Waals surface area contributed by atoms with Crippen LogP contribution >= 0.6 is 0 Å². The number of anilines is 1. The van der Waals surface area contributed by atoms with Crippen LogP contribution in [0, 0.1) is 0 Å². The van der Waals surface area contributed by atoms with Gasteiger partial charge in [-0.1, -0.05) is 24.3 Å². The second kappa shape index (κ2) is 7.42. The van der Waals surface area contributed by atoms with Gasteiger partial charge in [-0.25, -0.2) is 12.7 Å². The van der Waals surface area contributed by atoms with Crippen LogP contribution in [0.3, 0.4) is 0 Å². The molecule has 0 aliphatic heterocycles. The summed E-state index contributed by atoms with van der Waals surface area (Å²) in [5.74, 6) is 0. The van der Waals surface area contributed by atoms with Gasteiger partial charge in [0.25, 0.3) is 0 Å². The maximum atomic E-state index is 12.2. The van der Waals surface area contributed by atoms with E-state index in [1.807, 2.05) is 6.92 Å². The summed E-state index contributed by atoms with van der Waals surface area (Å²) in [6, 6.07) is 6.84. The van der Waals surface area contributed by atoms with E-state index in [1.165, 1.54) is 18.4 Å². The predicted octanol–water partition coefficient (Wildman–Crippen LogP) is 1.94. The van der Waals surface area contributed by atoms with E-state index in [1.54, 1.807) is 24.3 Å². The zero-order valence-corrected chi connectivity index (χ0v) is 13.0. The van der Waals surface area contributed by atoms with Crippen molar-refractivity contribution < 1.29 is 13.2 Å². The molecule has 0 saturated carbocycles. The molecule has 0 unspecified atom stereocenters. The molecule has 0 fully saturated rings. The lowest BCUT2D eigenvalue weighted by Gasteiger charge is -2.16. The minimum atomic E-state index is -3.45. The summed E-state index contributed by atoms with van der Waals surface area (Å²) in [4.78, 5) is 0.268. The monoisotopic (exact) mass is 298 g/mol. The van der Waals surface area contributed by atoms with Crippen LogP contribution in [-0.2, 0) is 14.8 Å². The van der Waals surface area contributed by atoms with Gasteiger partial charge in [-0.2, -0.15) is 0 Å². The van der Waals surface area contributed by atoms with Crippen molar-refractivity contribution in [3.05, 3.63) is 36.4 Å². The molecule has 0 atom stereocenters. The van der Waals surface area contributed by atoms with Gasteiger partial charge in [0.1, 0.15) is 4.90 Å². The van der Waals surface area contributed by atoms with E-state index in [0.29, 0.717) is 25.4 Å². The molecule has 20 heavy (non-hydrogen) atoms. The number of para-hydroxylation sites is 1. The number of rotatable bonds is 8. The van der Waals surface area contributed by atoms with Crippen molar-refractivity contribution in [3.63, 3.8) is 0 Å². The Morgan fingerprint density at radius 1 is 1.35 bits per heavy atom. The number of sulfonamides is 1. The fourth-order valence-electron chi connectivity index (χ4n) is 1.54. The highest BCUT2D eigenvalue weighted by Crippen LogP contribution is 2.22. The molecule has 112 valence electrons. The second-order valence-corrected chi connectivity index (χ2v) is 6.84. The van der Waals surface area contributed by atoms with Crippen molar-refractivity contribution in [1.29, 1.82) is 0 Å². The van der Waals surface area contributed by atoms with E-state index in [0.717, 1.165) is 5.57 Å². The molecule has 0 radical (unpaired) electrons. The fraction of sp³-hybridized carbons (Fsp3) is 0.429. The third-order valence-electron chi connectivity index (χ3n) is 2.56. The molecule has 0 spiro atoms. The summed E-state index contributed by atoms with van der Waals surface area (Å²) in [5.41, 5.74) is 1.54. The summed E-state index contributed by atoms with van der Waals surface area (Å²) in [6.07, 6.45) is 0. The van der Waals surface area contributed by atoms with Gasteiger partial charge in [0.15, 0.2) is 0 Å². The number of nitrogens with zero attached hydrogens (tertiary/aromatic N) is 1. The summed E-state index contributed by atoms with van der Waals surface area (Å²) in [5, 5.41) is 3.09. The molecule has 0 amide bonds. The van der Waals surface area contributed by atoms with Gasteiger partial charge in [-0.3, -0.25) is 0 Å². The summed E-state index contributed by atoms with van der Waals surface area (Å²) in [6.45, 7) is 7.18. The maximum Gasteiger partial charge on any atom is 0.244 e. The van der Waals surface area contributed by atoms with E-state index in [2.05, 4.69) is 11.9 Å². The Morgan fingerprint density at radius 3 is 2.60 bits per heavy atom. The molecule has 5 nitrogen and oxygen atoms in total. The first-order valence-electron chi connectivity index (χ1n) is 6.33. The summed E-state index contributed by atoms with van der Waals surface area (Å²) >= 11 is 0. The van der Waals surface area contributed by atoms with Gasteiger partial charge in [0.05, 0.1) is 18.9 Å². The van der Waals surface area contributed by atoms with Gasteiger partial charge in [-0.15, -0.1) is 0 Å². The second-order valence-electron chi connectivity index (χ2n) is 4.72. The van der Waals surface area contributed by atoms with Crippen LogP contribution in [0.5, 0.6) is 0 Å². The van der Waals surface area contributed by atoms with E-state index in [-0.39, 0.29) is 4.90 Å². The van der Waals surface area contributed by atoms with Gasteiger partial charge < -0.3 is 10.1 Å². The smallest absolute Gasteiger partial charge is 0.244 e. The van der Waals surface area contributed by atoms with Crippen LogP contribution in [0.2, 0.25) is 0 Å². The first kappa shape index (κ1) is 16.7. The Kier molecular flexibility index (Phi) is 6.19. The zero-order chi connectivity index (χ0) is 15.2. The Balaban J connectivity index is 2.70. The van der Waals surface area contributed by atoms with E-state index in [4.69, 9.17) is 4.74 Å². The molecule has 1 rings (SSSR count). The Morgan fingerprint density at radius 2 is 2.00 bits per heavy atom. The number of hydrogen-bond acceptors (Lipinski definition) is 4. The van der Waals surface area contributed by atoms with Crippen LogP contribution < -0.4 is 5.32 Å². The van der Waals surface area contributed by atoms with Crippen LogP contribution in [0.4, 0.5) is 5.69 Å². The topological polar surface area (TPSA) is 58.6 Å². The average molecular weight is 298 g/mol. The van der Waals surface area contributed by atoms with Gasteiger partial charge >= 0.3 is 0 Å². The molecule has 0 saturated heterocycles. The van der Waals surface area contributed by atoms with Crippen LogP contribution in [0.15, 0.2) is 41.3 Å². The van der Waals surface area contributed by atoms with Crippen molar-refractivity contribution >= 4 is 15.7 Å². The minimum Gasteiger partial charge on any atom is -0.382 e. The SMILES string of the molecule is C=C(C)COCCNc1ccccc1S(=O)(=O)N(C)C. The Hall–Kier alpha value is -1.37.